The van der Waals surface area contributed by atoms with E-state index < -0.39 is 5.97 Å². The second kappa shape index (κ2) is 5.59. The third-order valence-electron chi connectivity index (χ3n) is 0.822. The van der Waals surface area contributed by atoms with Crippen LogP contribution in [0.25, 0.3) is 0 Å². The number of rotatable bonds is 2. The Bertz CT molecular complexity index is 99.5. The lowest BCUT2D eigenvalue weighted by Gasteiger charge is -1.94. The van der Waals surface area contributed by atoms with Crippen molar-refractivity contribution in [2.75, 3.05) is 0 Å². The smallest absolute Gasteiger partial charge is 0.351 e. The topological polar surface area (TPSA) is 52.3 Å². The first kappa shape index (κ1) is 11.3. The van der Waals surface area contributed by atoms with Crippen LogP contribution in [0.3, 0.4) is 0 Å². The Balaban J connectivity index is 0. The zero-order chi connectivity index (χ0) is 6.57. The first-order valence-electron chi connectivity index (χ1n) is 2.31. The Morgan fingerprint density at radius 3 is 2.33 bits per heavy atom. The van der Waals surface area contributed by atoms with Gasteiger partial charge in [-0.1, -0.05) is 13.5 Å². The van der Waals surface area contributed by atoms with Crippen molar-refractivity contribution in [1.29, 1.82) is 0 Å². The molecule has 0 rings (SSSR count). The summed E-state index contributed by atoms with van der Waals surface area (Å²) >= 11 is 0. The van der Waals surface area contributed by atoms with Crippen LogP contribution >= 0.6 is 12.4 Å². The summed E-state index contributed by atoms with van der Waals surface area (Å²) in [5.74, 6) is 4.00. The SMILES string of the molecule is C=C(CC)C(=O)ON.Cl. The molecule has 0 aliphatic rings. The standard InChI is InChI=1S/C5H9NO2.ClH/c1-3-4(2)5(7)8-6;/h2-3,6H2,1H3;1H. The fourth-order valence-electron chi connectivity index (χ4n) is 0.228. The van der Waals surface area contributed by atoms with Gasteiger partial charge < -0.3 is 4.84 Å². The van der Waals surface area contributed by atoms with E-state index >= 15 is 0 Å². The molecule has 0 saturated heterocycles. The average molecular weight is 152 g/mol. The van der Waals surface area contributed by atoms with Gasteiger partial charge in [-0.3, -0.25) is 0 Å². The van der Waals surface area contributed by atoms with Crippen LogP contribution in [-0.2, 0) is 9.63 Å². The first-order valence-corrected chi connectivity index (χ1v) is 2.31. The molecular formula is C5H10ClNO2. The van der Waals surface area contributed by atoms with Crippen LogP contribution in [0.15, 0.2) is 12.2 Å². The van der Waals surface area contributed by atoms with Crippen LogP contribution in [0, 0.1) is 0 Å². The van der Waals surface area contributed by atoms with E-state index in [0.29, 0.717) is 12.0 Å². The van der Waals surface area contributed by atoms with Crippen molar-refractivity contribution >= 4 is 18.4 Å². The Hall–Kier alpha value is -0.540. The molecular weight excluding hydrogens is 142 g/mol. The van der Waals surface area contributed by atoms with Gasteiger partial charge in [-0.15, -0.1) is 12.4 Å². The number of nitrogens with two attached hydrogens (primary N) is 1. The highest BCUT2D eigenvalue weighted by atomic mass is 35.5. The summed E-state index contributed by atoms with van der Waals surface area (Å²) in [5.41, 5.74) is 0.396. The molecule has 0 unspecified atom stereocenters. The predicted molar refractivity (Wildman–Crippen MR) is 37.0 cm³/mol. The third kappa shape index (κ3) is 4.00. The average Bonchev–Trinajstić information content (AvgIpc) is 1.84. The van der Waals surface area contributed by atoms with Crippen molar-refractivity contribution in [3.8, 4) is 0 Å². The van der Waals surface area contributed by atoms with Gasteiger partial charge in [0.05, 0.1) is 0 Å². The van der Waals surface area contributed by atoms with Crippen LogP contribution in [0.4, 0.5) is 0 Å². The maximum absolute atomic E-state index is 10.3. The summed E-state index contributed by atoms with van der Waals surface area (Å²) in [7, 11) is 0. The summed E-state index contributed by atoms with van der Waals surface area (Å²) in [4.78, 5) is 14.2. The van der Waals surface area contributed by atoms with Gasteiger partial charge in [-0.2, -0.15) is 5.90 Å². The summed E-state index contributed by atoms with van der Waals surface area (Å²) in [6, 6.07) is 0. The molecule has 0 aromatic heterocycles. The van der Waals surface area contributed by atoms with Crippen molar-refractivity contribution in [2.24, 2.45) is 5.90 Å². The van der Waals surface area contributed by atoms with E-state index in [4.69, 9.17) is 0 Å². The minimum atomic E-state index is -0.535. The van der Waals surface area contributed by atoms with Gasteiger partial charge in [0.1, 0.15) is 0 Å². The Morgan fingerprint density at radius 2 is 2.22 bits per heavy atom. The molecule has 0 fully saturated rings. The van der Waals surface area contributed by atoms with Crippen LogP contribution in [0.1, 0.15) is 13.3 Å². The largest absolute Gasteiger partial charge is 0.370 e. The minimum absolute atomic E-state index is 0. The number of halogens is 1. The summed E-state index contributed by atoms with van der Waals surface area (Å²) in [6.45, 7) is 5.19. The second-order valence-electron chi connectivity index (χ2n) is 1.36. The molecule has 0 radical (unpaired) electrons. The maximum atomic E-state index is 10.3. The monoisotopic (exact) mass is 151 g/mol. The highest BCUT2D eigenvalue weighted by molar-refractivity contribution is 5.87. The molecule has 0 aliphatic carbocycles. The van der Waals surface area contributed by atoms with Crippen LogP contribution in [0.2, 0.25) is 0 Å². The van der Waals surface area contributed by atoms with E-state index in [1.165, 1.54) is 0 Å². The molecule has 0 amide bonds. The molecule has 2 N–H and O–H groups in total. The number of hydrogen-bond donors (Lipinski definition) is 1. The Morgan fingerprint density at radius 1 is 1.78 bits per heavy atom. The molecule has 0 aromatic carbocycles. The van der Waals surface area contributed by atoms with Crippen LogP contribution < -0.4 is 5.90 Å². The van der Waals surface area contributed by atoms with E-state index in [1.54, 1.807) is 6.92 Å². The molecule has 9 heavy (non-hydrogen) atoms. The molecule has 0 saturated carbocycles. The fraction of sp³-hybridized carbons (Fsp3) is 0.400. The summed E-state index contributed by atoms with van der Waals surface area (Å²) in [5, 5.41) is 0. The lowest BCUT2D eigenvalue weighted by atomic mass is 10.2. The molecule has 3 nitrogen and oxygen atoms in total. The Kier molecular flexibility index (Phi) is 7.01. The van der Waals surface area contributed by atoms with Crippen LogP contribution in [-0.4, -0.2) is 5.97 Å². The number of carbonyl (C=O) groups excluding carboxylic acids is 1. The summed E-state index contributed by atoms with van der Waals surface area (Å²) < 4.78 is 0. The molecule has 54 valence electrons. The van der Waals surface area contributed by atoms with Crippen LogP contribution in [0.5, 0.6) is 0 Å². The van der Waals surface area contributed by atoms with Crippen molar-refractivity contribution in [3.05, 3.63) is 12.2 Å². The third-order valence-corrected chi connectivity index (χ3v) is 0.822. The molecule has 0 atom stereocenters. The van der Waals surface area contributed by atoms with E-state index in [0.717, 1.165) is 0 Å². The second-order valence-corrected chi connectivity index (χ2v) is 1.36. The molecule has 0 spiro atoms. The number of hydrogen-bond acceptors (Lipinski definition) is 3. The lowest BCUT2D eigenvalue weighted by molar-refractivity contribution is -0.139. The quantitative estimate of drug-likeness (QED) is 0.469. The van der Waals surface area contributed by atoms with E-state index in [2.05, 4.69) is 17.3 Å². The zero-order valence-corrected chi connectivity index (χ0v) is 6.03. The van der Waals surface area contributed by atoms with Gasteiger partial charge in [-0.05, 0) is 6.42 Å². The van der Waals surface area contributed by atoms with E-state index in [9.17, 15) is 4.79 Å². The predicted octanol–water partition coefficient (Wildman–Crippen LogP) is 0.791. The molecule has 0 bridgehead atoms. The van der Waals surface area contributed by atoms with Gasteiger partial charge in [0.2, 0.25) is 0 Å². The van der Waals surface area contributed by atoms with Gasteiger partial charge >= 0.3 is 5.97 Å². The van der Waals surface area contributed by atoms with Gasteiger partial charge in [-0.25, -0.2) is 4.79 Å². The molecule has 0 aromatic rings. The molecule has 4 heteroatoms. The van der Waals surface area contributed by atoms with E-state index in [-0.39, 0.29) is 12.4 Å². The molecule has 0 heterocycles. The number of carbonyl (C=O) groups is 1. The summed E-state index contributed by atoms with van der Waals surface area (Å²) in [6.07, 6.45) is 0.579. The first-order chi connectivity index (χ1) is 3.72. The van der Waals surface area contributed by atoms with Crippen molar-refractivity contribution in [3.63, 3.8) is 0 Å². The van der Waals surface area contributed by atoms with Crippen molar-refractivity contribution in [2.45, 2.75) is 13.3 Å². The zero-order valence-electron chi connectivity index (χ0n) is 5.22. The van der Waals surface area contributed by atoms with Gasteiger partial charge in [0.25, 0.3) is 0 Å². The van der Waals surface area contributed by atoms with E-state index in [1.807, 2.05) is 0 Å². The van der Waals surface area contributed by atoms with Gasteiger partial charge in [0, 0.05) is 5.57 Å². The molecule has 0 aliphatic heterocycles. The maximum Gasteiger partial charge on any atom is 0.351 e. The van der Waals surface area contributed by atoms with Crippen molar-refractivity contribution in [1.82, 2.24) is 0 Å². The highest BCUT2D eigenvalue weighted by Crippen LogP contribution is 1.95. The van der Waals surface area contributed by atoms with Gasteiger partial charge in [0.15, 0.2) is 0 Å². The normalized spacial score (nSPS) is 7.33. The fourth-order valence-corrected chi connectivity index (χ4v) is 0.228. The van der Waals surface area contributed by atoms with Crippen molar-refractivity contribution < 1.29 is 9.63 Å². The minimum Gasteiger partial charge on any atom is -0.370 e. The Labute approximate surface area is 60.2 Å². The lowest BCUT2D eigenvalue weighted by Crippen LogP contribution is -2.10. The highest BCUT2D eigenvalue weighted by Gasteiger charge is 2.01.